The molecule has 0 saturated heterocycles. The first-order chi connectivity index (χ1) is 24.1. The van der Waals surface area contributed by atoms with Crippen LogP contribution < -0.4 is 16.0 Å². The summed E-state index contributed by atoms with van der Waals surface area (Å²) in [7, 11) is 0. The van der Waals surface area contributed by atoms with Crippen molar-refractivity contribution in [3.63, 3.8) is 0 Å². The van der Waals surface area contributed by atoms with Crippen LogP contribution in [-0.4, -0.2) is 90.5 Å². The number of unbranched alkanes of at least 4 members (excludes halogenated alkanes) is 1. The molecule has 3 N–H and O–H groups in total. The van der Waals surface area contributed by atoms with Crippen LogP contribution in [0.5, 0.6) is 0 Å². The van der Waals surface area contributed by atoms with Gasteiger partial charge in [0.1, 0.15) is 18.2 Å². The number of hydrogen-bond acceptors (Lipinski definition) is 5. The number of carbonyl (C=O) groups excluding carboxylic acids is 3. The molecular formula is C29H32F17N3O5. The third-order valence-corrected chi connectivity index (χ3v) is 6.93. The summed E-state index contributed by atoms with van der Waals surface area (Å²) < 4.78 is 240. The topological polar surface area (TPSA) is 106 Å². The molecule has 0 fully saturated rings. The van der Waals surface area contributed by atoms with Gasteiger partial charge in [0, 0.05) is 19.5 Å². The van der Waals surface area contributed by atoms with Crippen LogP contribution in [0.15, 0.2) is 30.3 Å². The predicted octanol–water partition coefficient (Wildman–Crippen LogP) is 8.49. The first kappa shape index (κ1) is 48.1. The number of alkyl halides is 17. The van der Waals surface area contributed by atoms with E-state index in [0.29, 0.717) is 5.56 Å². The number of carbonyl (C=O) groups is 3. The van der Waals surface area contributed by atoms with Crippen LogP contribution in [0.3, 0.4) is 0 Å². The molecule has 1 atom stereocenters. The quantitative estimate of drug-likeness (QED) is 0.102. The van der Waals surface area contributed by atoms with E-state index in [2.05, 4.69) is 5.32 Å². The van der Waals surface area contributed by atoms with Crippen LogP contribution in [0.2, 0.25) is 0 Å². The highest BCUT2D eigenvalue weighted by Crippen LogP contribution is 2.64. The van der Waals surface area contributed by atoms with Gasteiger partial charge in [-0.2, -0.15) is 74.6 Å². The Morgan fingerprint density at radius 2 is 1.09 bits per heavy atom. The zero-order valence-corrected chi connectivity index (χ0v) is 27.9. The van der Waals surface area contributed by atoms with Crippen LogP contribution in [0, 0.1) is 0 Å². The van der Waals surface area contributed by atoms with Gasteiger partial charge in [-0.25, -0.2) is 9.59 Å². The smallest absolute Gasteiger partial charge is 0.445 e. The molecule has 0 aliphatic carbocycles. The fourth-order valence-corrected chi connectivity index (χ4v) is 3.98. The molecular weight excluding hydrogens is 793 g/mol. The molecule has 0 aromatic heterocycles. The summed E-state index contributed by atoms with van der Waals surface area (Å²) in [4.78, 5) is 36.7. The number of amides is 3. The molecule has 0 heterocycles. The van der Waals surface area contributed by atoms with Crippen molar-refractivity contribution >= 4 is 18.1 Å². The van der Waals surface area contributed by atoms with Crippen molar-refractivity contribution in [3.8, 4) is 0 Å². The van der Waals surface area contributed by atoms with Crippen LogP contribution >= 0.6 is 0 Å². The van der Waals surface area contributed by atoms with Gasteiger partial charge in [-0.05, 0) is 45.6 Å². The van der Waals surface area contributed by atoms with Crippen molar-refractivity contribution in [2.45, 2.75) is 112 Å². The minimum atomic E-state index is -8.76. The van der Waals surface area contributed by atoms with Gasteiger partial charge in [0.25, 0.3) is 0 Å². The maximum absolute atomic E-state index is 14.3. The van der Waals surface area contributed by atoms with Gasteiger partial charge in [0.05, 0.1) is 0 Å². The van der Waals surface area contributed by atoms with E-state index in [0.717, 1.165) is 0 Å². The van der Waals surface area contributed by atoms with Crippen LogP contribution in [0.25, 0.3) is 0 Å². The largest absolute Gasteiger partial charge is 0.460 e. The number of nitrogens with one attached hydrogen (secondary N) is 3. The van der Waals surface area contributed by atoms with Crippen molar-refractivity contribution < 1.29 is 98.5 Å². The molecule has 1 rings (SSSR count). The number of rotatable bonds is 18. The lowest BCUT2D eigenvalue weighted by molar-refractivity contribution is -0.461. The summed E-state index contributed by atoms with van der Waals surface area (Å²) in [5, 5.41) is 5.69. The molecule has 3 amide bonds. The minimum Gasteiger partial charge on any atom is -0.445 e. The molecule has 0 bridgehead atoms. The molecule has 0 spiro atoms. The van der Waals surface area contributed by atoms with Crippen molar-refractivity contribution in [1.29, 1.82) is 0 Å². The van der Waals surface area contributed by atoms with Crippen molar-refractivity contribution in [2.24, 2.45) is 0 Å². The number of ether oxygens (including phenoxy) is 2. The van der Waals surface area contributed by atoms with Gasteiger partial charge in [-0.3, -0.25) is 4.79 Å². The van der Waals surface area contributed by atoms with E-state index >= 15 is 0 Å². The second-order valence-corrected chi connectivity index (χ2v) is 12.4. The predicted molar refractivity (Wildman–Crippen MR) is 150 cm³/mol. The van der Waals surface area contributed by atoms with Gasteiger partial charge in [-0.1, -0.05) is 30.3 Å². The summed E-state index contributed by atoms with van der Waals surface area (Å²) in [5.74, 6) is -59.0. The average molecular weight is 826 g/mol. The SMILES string of the molecule is CC(C)(C)OC(=O)NC(CCCCNC(=O)OCc1ccccc1)C(=O)NCCC(F)(F)C(F)(F)C(F)(F)C(F)(F)C(F)(F)C(F)(F)C(F)(F)C(F)(F)F. The lowest BCUT2D eigenvalue weighted by atomic mass is 9.88. The average Bonchev–Trinajstić information content (AvgIpc) is 3.01. The van der Waals surface area contributed by atoms with E-state index in [-0.39, 0.29) is 26.0 Å². The Morgan fingerprint density at radius 1 is 0.611 bits per heavy atom. The highest BCUT2D eigenvalue weighted by molar-refractivity contribution is 5.85. The third-order valence-electron chi connectivity index (χ3n) is 6.93. The van der Waals surface area contributed by atoms with E-state index in [1.54, 1.807) is 30.3 Å². The fourth-order valence-electron chi connectivity index (χ4n) is 3.98. The van der Waals surface area contributed by atoms with E-state index < -0.39 is 96.8 Å². The Labute approximate surface area is 294 Å². The standard InChI is InChI=1S/C29H32F17N3O5/c1-21(2,3)54-20(52)49-17(11-7-8-13-48-19(51)53-15-16-9-5-4-6-10-16)18(50)47-14-12-22(30,31)23(32,33)24(34,35)25(36,37)26(38,39)27(40,41)28(42,43)29(44,45)46/h4-6,9-10,17H,7-8,11-15H2,1-3H3,(H,47,50)(H,48,51)(H,49,52). The van der Waals surface area contributed by atoms with Crippen molar-refractivity contribution in [1.82, 2.24) is 16.0 Å². The molecule has 25 heteroatoms. The van der Waals surface area contributed by atoms with Crippen molar-refractivity contribution in [3.05, 3.63) is 35.9 Å². The highest BCUT2D eigenvalue weighted by Gasteiger charge is 2.95. The normalized spacial score (nSPS) is 14.6. The molecule has 1 aromatic carbocycles. The molecule has 0 saturated carbocycles. The monoisotopic (exact) mass is 825 g/mol. The first-order valence-electron chi connectivity index (χ1n) is 15.0. The maximum atomic E-state index is 14.3. The molecule has 0 aliphatic heterocycles. The van der Waals surface area contributed by atoms with Crippen LogP contribution in [0.1, 0.15) is 52.0 Å². The Kier molecular flexibility index (Phi) is 15.0. The van der Waals surface area contributed by atoms with Gasteiger partial charge in [0.15, 0.2) is 0 Å². The number of hydrogen-bond donors (Lipinski definition) is 3. The van der Waals surface area contributed by atoms with Gasteiger partial charge in [0.2, 0.25) is 5.91 Å². The number of benzene rings is 1. The van der Waals surface area contributed by atoms with E-state index in [1.165, 1.54) is 26.1 Å². The molecule has 54 heavy (non-hydrogen) atoms. The zero-order chi connectivity index (χ0) is 42.4. The number of alkyl carbamates (subject to hydrolysis) is 2. The molecule has 8 nitrogen and oxygen atoms in total. The number of halogens is 17. The van der Waals surface area contributed by atoms with E-state index in [9.17, 15) is 89.0 Å². The second kappa shape index (κ2) is 16.8. The van der Waals surface area contributed by atoms with Crippen molar-refractivity contribution in [2.75, 3.05) is 13.1 Å². The summed E-state index contributed by atoms with van der Waals surface area (Å²) >= 11 is 0. The van der Waals surface area contributed by atoms with Crippen LogP contribution in [-0.2, 0) is 20.9 Å². The van der Waals surface area contributed by atoms with Gasteiger partial charge < -0.3 is 25.4 Å². The van der Waals surface area contributed by atoms with E-state index in [4.69, 9.17) is 9.47 Å². The third kappa shape index (κ3) is 10.6. The molecule has 0 radical (unpaired) electrons. The Hall–Kier alpha value is -3.96. The molecule has 1 aromatic rings. The molecule has 0 aliphatic rings. The zero-order valence-electron chi connectivity index (χ0n) is 27.9. The Bertz CT molecular complexity index is 1420. The lowest BCUT2D eigenvalue weighted by Gasteiger charge is -2.42. The first-order valence-corrected chi connectivity index (χ1v) is 15.0. The second-order valence-electron chi connectivity index (χ2n) is 12.4. The minimum absolute atomic E-state index is 0.0202. The molecule has 1 unspecified atom stereocenters. The van der Waals surface area contributed by atoms with Gasteiger partial charge >= 0.3 is 59.8 Å². The van der Waals surface area contributed by atoms with Crippen LogP contribution in [0.4, 0.5) is 84.2 Å². The lowest BCUT2D eigenvalue weighted by Crippen LogP contribution is -2.74. The summed E-state index contributed by atoms with van der Waals surface area (Å²) in [6.45, 7) is 1.89. The summed E-state index contributed by atoms with van der Waals surface area (Å²) in [5.41, 5.74) is -0.569. The Balaban J connectivity index is 3.05. The van der Waals surface area contributed by atoms with Gasteiger partial charge in [-0.15, -0.1) is 0 Å². The maximum Gasteiger partial charge on any atom is 0.460 e. The van der Waals surface area contributed by atoms with E-state index in [1.807, 2.05) is 5.32 Å². The molecule has 312 valence electrons. The Morgan fingerprint density at radius 3 is 1.57 bits per heavy atom. The fraction of sp³-hybridized carbons (Fsp3) is 0.690. The summed E-state index contributed by atoms with van der Waals surface area (Å²) in [6.07, 6.45) is -13.5. The highest BCUT2D eigenvalue weighted by atomic mass is 19.4. The summed E-state index contributed by atoms with van der Waals surface area (Å²) in [6, 6.07) is 6.54.